The van der Waals surface area contributed by atoms with Gasteiger partial charge in [0.1, 0.15) is 11.3 Å². The molecule has 0 aliphatic rings. The number of ether oxygens (including phenoxy) is 1. The lowest BCUT2D eigenvalue weighted by Crippen LogP contribution is -2.00. The van der Waals surface area contributed by atoms with Gasteiger partial charge in [-0.2, -0.15) is 0 Å². The number of hydrogen-bond acceptors (Lipinski definition) is 4. The summed E-state index contributed by atoms with van der Waals surface area (Å²) in [6, 6.07) is 11.8. The minimum Gasteiger partial charge on any atom is -0.453 e. The van der Waals surface area contributed by atoms with Crippen molar-refractivity contribution in [1.29, 1.82) is 0 Å². The summed E-state index contributed by atoms with van der Waals surface area (Å²) in [7, 11) is 0. The van der Waals surface area contributed by atoms with Gasteiger partial charge in [0.05, 0.1) is 18.1 Å². The Morgan fingerprint density at radius 1 is 1.14 bits per heavy atom. The van der Waals surface area contributed by atoms with Crippen LogP contribution in [0.15, 0.2) is 55.0 Å². The Kier molecular flexibility index (Phi) is 3.96. The molecule has 0 fully saturated rings. The van der Waals surface area contributed by atoms with Crippen molar-refractivity contribution in [3.8, 4) is 11.5 Å². The molecule has 1 aromatic carbocycles. The lowest BCUT2D eigenvalue weighted by molar-refractivity contribution is 0.485. The van der Waals surface area contributed by atoms with Crippen LogP contribution in [-0.4, -0.2) is 16.5 Å². The third-order valence-electron chi connectivity index (χ3n) is 3.12. The zero-order chi connectivity index (χ0) is 14.5. The number of hydrogen-bond donors (Lipinski definition) is 1. The molecule has 1 N–H and O–H groups in total. The molecule has 2 aromatic heterocycles. The normalized spacial score (nSPS) is 10.5. The van der Waals surface area contributed by atoms with E-state index >= 15 is 0 Å². The van der Waals surface area contributed by atoms with E-state index in [4.69, 9.17) is 4.74 Å². The molecule has 0 aliphatic heterocycles. The Bertz CT molecular complexity index is 737. The number of rotatable bonds is 5. The maximum atomic E-state index is 5.95. The number of para-hydroxylation sites is 1. The van der Waals surface area contributed by atoms with Crippen molar-refractivity contribution in [2.24, 2.45) is 0 Å². The molecule has 21 heavy (non-hydrogen) atoms. The minimum atomic E-state index is 0.703. The molecule has 106 valence electrons. The van der Waals surface area contributed by atoms with Gasteiger partial charge in [-0.3, -0.25) is 9.97 Å². The van der Waals surface area contributed by atoms with Gasteiger partial charge in [-0.05, 0) is 18.6 Å². The zero-order valence-electron chi connectivity index (χ0n) is 11.9. The molecule has 0 atom stereocenters. The second-order valence-corrected chi connectivity index (χ2v) is 4.77. The van der Waals surface area contributed by atoms with Crippen molar-refractivity contribution >= 4 is 16.6 Å². The van der Waals surface area contributed by atoms with Gasteiger partial charge in [-0.15, -0.1) is 0 Å². The van der Waals surface area contributed by atoms with Gasteiger partial charge in [0.25, 0.3) is 0 Å². The summed E-state index contributed by atoms with van der Waals surface area (Å²) in [5.41, 5.74) is 1.81. The van der Waals surface area contributed by atoms with Gasteiger partial charge in [-0.1, -0.05) is 25.1 Å². The highest BCUT2D eigenvalue weighted by Crippen LogP contribution is 2.28. The Morgan fingerprint density at radius 3 is 2.95 bits per heavy atom. The number of pyridine rings is 2. The Balaban J connectivity index is 1.88. The van der Waals surface area contributed by atoms with Gasteiger partial charge in [-0.25, -0.2) is 0 Å². The van der Waals surface area contributed by atoms with Gasteiger partial charge in [0, 0.05) is 24.2 Å². The van der Waals surface area contributed by atoms with E-state index in [1.807, 2.05) is 36.4 Å². The van der Waals surface area contributed by atoms with E-state index in [1.54, 1.807) is 18.6 Å². The molecule has 4 heteroatoms. The summed E-state index contributed by atoms with van der Waals surface area (Å²) in [5.74, 6) is 1.44. The Labute approximate surface area is 123 Å². The monoisotopic (exact) mass is 279 g/mol. The van der Waals surface area contributed by atoms with Gasteiger partial charge in [0.15, 0.2) is 5.75 Å². The van der Waals surface area contributed by atoms with Crippen molar-refractivity contribution in [3.63, 3.8) is 0 Å². The van der Waals surface area contributed by atoms with Crippen LogP contribution in [0.4, 0.5) is 5.69 Å². The van der Waals surface area contributed by atoms with Crippen LogP contribution < -0.4 is 10.1 Å². The predicted molar refractivity (Wildman–Crippen MR) is 84.8 cm³/mol. The first-order valence-corrected chi connectivity index (χ1v) is 7.07. The van der Waals surface area contributed by atoms with Crippen LogP contribution in [0.1, 0.15) is 13.3 Å². The van der Waals surface area contributed by atoms with E-state index < -0.39 is 0 Å². The third-order valence-corrected chi connectivity index (χ3v) is 3.12. The van der Waals surface area contributed by atoms with Crippen LogP contribution in [-0.2, 0) is 0 Å². The van der Waals surface area contributed by atoms with E-state index in [1.165, 1.54) is 0 Å². The largest absolute Gasteiger partial charge is 0.453 e. The fourth-order valence-corrected chi connectivity index (χ4v) is 2.13. The molecule has 3 aromatic rings. The molecule has 0 aliphatic carbocycles. The van der Waals surface area contributed by atoms with Crippen LogP contribution >= 0.6 is 0 Å². The van der Waals surface area contributed by atoms with Crippen LogP contribution in [0, 0.1) is 0 Å². The molecule has 0 saturated heterocycles. The quantitative estimate of drug-likeness (QED) is 0.758. The fraction of sp³-hybridized carbons (Fsp3) is 0.176. The highest BCUT2D eigenvalue weighted by Gasteiger charge is 2.05. The van der Waals surface area contributed by atoms with Crippen molar-refractivity contribution in [2.75, 3.05) is 11.9 Å². The van der Waals surface area contributed by atoms with Crippen LogP contribution in [0.2, 0.25) is 0 Å². The number of benzene rings is 1. The SMILES string of the molecule is CCCNc1cncc(Oc2cccc3cccnc23)c1. The second kappa shape index (κ2) is 6.22. The van der Waals surface area contributed by atoms with Crippen LogP contribution in [0.3, 0.4) is 0 Å². The van der Waals surface area contributed by atoms with Gasteiger partial charge >= 0.3 is 0 Å². The molecule has 0 radical (unpaired) electrons. The Hall–Kier alpha value is -2.62. The van der Waals surface area contributed by atoms with Crippen molar-refractivity contribution < 1.29 is 4.74 Å². The van der Waals surface area contributed by atoms with E-state index in [-0.39, 0.29) is 0 Å². The first-order chi connectivity index (χ1) is 10.4. The number of aromatic nitrogens is 2. The van der Waals surface area contributed by atoms with Crippen molar-refractivity contribution in [2.45, 2.75) is 13.3 Å². The first-order valence-electron chi connectivity index (χ1n) is 7.07. The molecular formula is C17H17N3O. The molecule has 2 heterocycles. The van der Waals surface area contributed by atoms with Gasteiger partial charge in [0.2, 0.25) is 0 Å². The van der Waals surface area contributed by atoms with E-state index in [2.05, 4.69) is 22.2 Å². The molecule has 4 nitrogen and oxygen atoms in total. The summed E-state index contributed by atoms with van der Waals surface area (Å²) in [6.07, 6.45) is 6.34. The fourth-order valence-electron chi connectivity index (χ4n) is 2.13. The Morgan fingerprint density at radius 2 is 2.05 bits per heavy atom. The van der Waals surface area contributed by atoms with Crippen LogP contribution in [0.5, 0.6) is 11.5 Å². The average molecular weight is 279 g/mol. The number of nitrogens with one attached hydrogen (secondary N) is 1. The van der Waals surface area contributed by atoms with E-state index in [0.717, 1.165) is 35.3 Å². The first kappa shape index (κ1) is 13.4. The molecule has 3 rings (SSSR count). The topological polar surface area (TPSA) is 47.0 Å². The highest BCUT2D eigenvalue weighted by atomic mass is 16.5. The molecule has 0 unspecified atom stereocenters. The summed E-state index contributed by atoms with van der Waals surface area (Å²) < 4.78 is 5.95. The highest BCUT2D eigenvalue weighted by molar-refractivity contribution is 5.84. The summed E-state index contributed by atoms with van der Waals surface area (Å²) in [6.45, 7) is 3.05. The summed E-state index contributed by atoms with van der Waals surface area (Å²) in [5, 5.41) is 4.36. The standard InChI is InChI=1S/C17H17N3O/c1-2-8-19-14-10-15(12-18-11-14)21-16-7-3-5-13-6-4-9-20-17(13)16/h3-7,9-12,19H,2,8H2,1H3. The molecule has 0 saturated carbocycles. The molecular weight excluding hydrogens is 262 g/mol. The maximum Gasteiger partial charge on any atom is 0.153 e. The summed E-state index contributed by atoms with van der Waals surface area (Å²) in [4.78, 5) is 8.59. The zero-order valence-corrected chi connectivity index (χ0v) is 11.9. The predicted octanol–water partition coefficient (Wildman–Crippen LogP) is 4.24. The van der Waals surface area contributed by atoms with E-state index in [9.17, 15) is 0 Å². The number of anilines is 1. The average Bonchev–Trinajstić information content (AvgIpc) is 2.54. The number of nitrogens with zero attached hydrogens (tertiary/aromatic N) is 2. The van der Waals surface area contributed by atoms with E-state index in [0.29, 0.717) is 5.75 Å². The van der Waals surface area contributed by atoms with Crippen LogP contribution in [0.25, 0.3) is 10.9 Å². The number of fused-ring (bicyclic) bond motifs is 1. The van der Waals surface area contributed by atoms with Crippen molar-refractivity contribution in [1.82, 2.24) is 9.97 Å². The maximum absolute atomic E-state index is 5.95. The lowest BCUT2D eigenvalue weighted by atomic mass is 10.2. The second-order valence-electron chi connectivity index (χ2n) is 4.77. The minimum absolute atomic E-state index is 0.703. The lowest BCUT2D eigenvalue weighted by Gasteiger charge is -2.10. The third kappa shape index (κ3) is 3.11. The van der Waals surface area contributed by atoms with Gasteiger partial charge < -0.3 is 10.1 Å². The molecule has 0 amide bonds. The summed E-state index contributed by atoms with van der Waals surface area (Å²) >= 11 is 0. The molecule has 0 bridgehead atoms. The molecule has 0 spiro atoms. The van der Waals surface area contributed by atoms with Crippen molar-refractivity contribution in [3.05, 3.63) is 55.0 Å². The smallest absolute Gasteiger partial charge is 0.153 e.